The third-order valence-electron chi connectivity index (χ3n) is 3.19. The van der Waals surface area contributed by atoms with Crippen LogP contribution in [-0.4, -0.2) is 25.0 Å². The van der Waals surface area contributed by atoms with E-state index in [-0.39, 0.29) is 5.91 Å². The summed E-state index contributed by atoms with van der Waals surface area (Å²) >= 11 is 0. The maximum atomic E-state index is 12.1. The zero-order chi connectivity index (χ0) is 13.9. The molecule has 100 valence electrons. The van der Waals surface area contributed by atoms with Crippen molar-refractivity contribution >= 4 is 5.91 Å². The fraction of sp³-hybridized carbons (Fsp3) is 0.533. The van der Waals surface area contributed by atoms with E-state index in [1.807, 2.05) is 40.1 Å². The van der Waals surface area contributed by atoms with Crippen LogP contribution in [0.1, 0.15) is 44.7 Å². The Labute approximate surface area is 110 Å². The van der Waals surface area contributed by atoms with E-state index in [4.69, 9.17) is 0 Å². The Morgan fingerprint density at radius 2 is 1.67 bits per heavy atom. The highest BCUT2D eigenvalue weighted by molar-refractivity contribution is 5.86. The maximum absolute atomic E-state index is 12.1. The van der Waals surface area contributed by atoms with E-state index in [1.165, 1.54) is 5.56 Å². The molecule has 0 saturated heterocycles. The van der Waals surface area contributed by atoms with Gasteiger partial charge in [-0.05, 0) is 30.9 Å². The second-order valence-corrected chi connectivity index (χ2v) is 5.74. The number of nitrogens with one attached hydrogen (secondary N) is 1. The molecule has 1 rings (SSSR count). The molecular weight excluding hydrogens is 224 g/mol. The van der Waals surface area contributed by atoms with Crippen molar-refractivity contribution < 1.29 is 4.79 Å². The zero-order valence-corrected chi connectivity index (χ0v) is 12.2. The van der Waals surface area contributed by atoms with Crippen molar-refractivity contribution in [2.45, 2.75) is 39.0 Å². The molecule has 0 aliphatic heterocycles. The highest BCUT2D eigenvalue weighted by Gasteiger charge is 2.30. The monoisotopic (exact) mass is 248 g/mol. The molecule has 0 unspecified atom stereocenters. The van der Waals surface area contributed by atoms with Crippen LogP contribution < -0.4 is 5.43 Å². The van der Waals surface area contributed by atoms with Gasteiger partial charge in [-0.2, -0.15) is 0 Å². The number of hydrogen-bond donors (Lipinski definition) is 1. The average Bonchev–Trinajstić information content (AvgIpc) is 2.28. The van der Waals surface area contributed by atoms with Gasteiger partial charge in [-0.15, -0.1) is 0 Å². The number of hydrogen-bond acceptors (Lipinski definition) is 2. The fourth-order valence-corrected chi connectivity index (χ4v) is 1.76. The molecule has 0 saturated carbocycles. The Balaban J connectivity index is 2.94. The second kappa shape index (κ2) is 5.53. The summed E-state index contributed by atoms with van der Waals surface area (Å²) < 4.78 is 0. The molecule has 18 heavy (non-hydrogen) atoms. The molecule has 1 aromatic rings. The van der Waals surface area contributed by atoms with Gasteiger partial charge >= 0.3 is 0 Å². The summed E-state index contributed by atoms with van der Waals surface area (Å²) in [6.45, 7) is 8.21. The lowest BCUT2D eigenvalue weighted by Gasteiger charge is -2.26. The van der Waals surface area contributed by atoms with Gasteiger partial charge in [0.15, 0.2) is 0 Å². The molecular formula is C15H24N2O. The van der Waals surface area contributed by atoms with Crippen LogP contribution in [-0.2, 0) is 10.2 Å². The Morgan fingerprint density at radius 1 is 1.17 bits per heavy atom. The van der Waals surface area contributed by atoms with Crippen LogP contribution in [0, 0.1) is 0 Å². The van der Waals surface area contributed by atoms with Crippen molar-refractivity contribution in [1.82, 2.24) is 10.4 Å². The largest absolute Gasteiger partial charge is 0.289 e. The molecule has 0 bridgehead atoms. The number of rotatable bonds is 4. The summed E-state index contributed by atoms with van der Waals surface area (Å²) in [5.74, 6) is 0.516. The molecule has 1 amide bonds. The number of nitrogens with zero attached hydrogens (tertiary/aromatic N) is 1. The molecule has 0 aromatic heterocycles. The normalized spacial score (nSPS) is 12.0. The van der Waals surface area contributed by atoms with Gasteiger partial charge in [0.2, 0.25) is 5.91 Å². The van der Waals surface area contributed by atoms with Gasteiger partial charge in [0.25, 0.3) is 0 Å². The van der Waals surface area contributed by atoms with Gasteiger partial charge < -0.3 is 0 Å². The summed E-state index contributed by atoms with van der Waals surface area (Å²) in [6.07, 6.45) is 0. The summed E-state index contributed by atoms with van der Waals surface area (Å²) in [4.78, 5) is 12.1. The molecule has 0 heterocycles. The summed E-state index contributed by atoms with van der Waals surface area (Å²) in [5.41, 5.74) is 4.61. The first-order chi connectivity index (χ1) is 8.25. The lowest BCUT2D eigenvalue weighted by molar-refractivity contribution is -0.129. The first-order valence-electron chi connectivity index (χ1n) is 6.34. The molecule has 0 fully saturated rings. The third kappa shape index (κ3) is 3.33. The molecule has 3 heteroatoms. The third-order valence-corrected chi connectivity index (χ3v) is 3.19. The Bertz CT molecular complexity index is 405. The molecule has 1 N–H and O–H groups in total. The second-order valence-electron chi connectivity index (χ2n) is 5.74. The Kier molecular flexibility index (Phi) is 4.52. The molecule has 0 radical (unpaired) electrons. The van der Waals surface area contributed by atoms with Crippen molar-refractivity contribution in [1.29, 1.82) is 0 Å². The zero-order valence-electron chi connectivity index (χ0n) is 12.2. The molecule has 0 aliphatic rings. The van der Waals surface area contributed by atoms with Crippen LogP contribution in [0.3, 0.4) is 0 Å². The van der Waals surface area contributed by atoms with Gasteiger partial charge in [-0.3, -0.25) is 10.2 Å². The van der Waals surface area contributed by atoms with Gasteiger partial charge in [-0.25, -0.2) is 5.01 Å². The van der Waals surface area contributed by atoms with E-state index >= 15 is 0 Å². The molecule has 1 aromatic carbocycles. The van der Waals surface area contributed by atoms with E-state index in [2.05, 4.69) is 31.4 Å². The smallest absolute Gasteiger partial charge is 0.244 e. The van der Waals surface area contributed by atoms with Crippen molar-refractivity contribution in [3.05, 3.63) is 35.4 Å². The van der Waals surface area contributed by atoms with Gasteiger partial charge in [0.1, 0.15) is 0 Å². The number of amides is 1. The van der Waals surface area contributed by atoms with E-state index in [1.54, 1.807) is 5.01 Å². The molecule has 0 atom stereocenters. The van der Waals surface area contributed by atoms with Crippen LogP contribution in [0.2, 0.25) is 0 Å². The lowest BCUT2D eigenvalue weighted by atomic mass is 9.83. The molecule has 0 aliphatic carbocycles. The lowest BCUT2D eigenvalue weighted by Crippen LogP contribution is -2.46. The van der Waals surface area contributed by atoms with E-state index in [0.717, 1.165) is 5.56 Å². The quantitative estimate of drug-likeness (QED) is 0.831. The van der Waals surface area contributed by atoms with Crippen LogP contribution in [0.25, 0.3) is 0 Å². The number of carbonyl (C=O) groups excluding carboxylic acids is 1. The van der Waals surface area contributed by atoms with E-state index in [0.29, 0.717) is 5.92 Å². The summed E-state index contributed by atoms with van der Waals surface area (Å²) in [6, 6.07) is 8.30. The van der Waals surface area contributed by atoms with Crippen LogP contribution in [0.5, 0.6) is 0 Å². The Morgan fingerprint density at radius 3 is 2.06 bits per heavy atom. The predicted octanol–water partition coefficient (Wildman–Crippen LogP) is 2.68. The maximum Gasteiger partial charge on any atom is 0.244 e. The van der Waals surface area contributed by atoms with Crippen LogP contribution in [0.15, 0.2) is 24.3 Å². The van der Waals surface area contributed by atoms with Gasteiger partial charge in [0.05, 0.1) is 5.41 Å². The summed E-state index contributed by atoms with van der Waals surface area (Å²) in [5, 5.41) is 1.67. The minimum atomic E-state index is -0.528. The standard InChI is InChI=1S/C15H24N2O/c1-11(2)12-7-9-13(10-8-12)15(3,4)14(18)16-17(5)6/h7-11H,1-6H3,(H,16,18). The topological polar surface area (TPSA) is 32.3 Å². The first kappa shape index (κ1) is 14.7. The van der Waals surface area contributed by atoms with Crippen molar-refractivity contribution in [2.75, 3.05) is 14.1 Å². The number of hydrazine groups is 1. The highest BCUT2D eigenvalue weighted by atomic mass is 16.2. The van der Waals surface area contributed by atoms with Crippen molar-refractivity contribution in [3.8, 4) is 0 Å². The highest BCUT2D eigenvalue weighted by Crippen LogP contribution is 2.25. The van der Waals surface area contributed by atoms with Gasteiger partial charge in [-0.1, -0.05) is 38.1 Å². The Hall–Kier alpha value is -1.35. The predicted molar refractivity (Wildman–Crippen MR) is 75.4 cm³/mol. The average molecular weight is 248 g/mol. The van der Waals surface area contributed by atoms with E-state index in [9.17, 15) is 4.79 Å². The number of benzene rings is 1. The first-order valence-corrected chi connectivity index (χ1v) is 6.34. The molecule has 0 spiro atoms. The van der Waals surface area contributed by atoms with Gasteiger partial charge in [0, 0.05) is 14.1 Å². The minimum absolute atomic E-state index is 0.00444. The van der Waals surface area contributed by atoms with Crippen LogP contribution >= 0.6 is 0 Å². The van der Waals surface area contributed by atoms with Crippen molar-refractivity contribution in [3.63, 3.8) is 0 Å². The number of carbonyl (C=O) groups is 1. The molecule has 3 nitrogen and oxygen atoms in total. The SMILES string of the molecule is CC(C)c1ccc(C(C)(C)C(=O)NN(C)C)cc1. The minimum Gasteiger partial charge on any atom is -0.289 e. The van der Waals surface area contributed by atoms with E-state index < -0.39 is 5.41 Å². The summed E-state index contributed by atoms with van der Waals surface area (Å²) in [7, 11) is 3.63. The fourth-order valence-electron chi connectivity index (χ4n) is 1.76. The van der Waals surface area contributed by atoms with Crippen LogP contribution in [0.4, 0.5) is 0 Å². The van der Waals surface area contributed by atoms with Crippen molar-refractivity contribution in [2.24, 2.45) is 0 Å².